The van der Waals surface area contributed by atoms with Crippen LogP contribution < -0.4 is 0 Å². The molecule has 0 N–H and O–H groups in total. The second kappa shape index (κ2) is 12.9. The highest BCUT2D eigenvalue weighted by molar-refractivity contribution is 7.17. The van der Waals surface area contributed by atoms with Crippen molar-refractivity contribution in [3.05, 3.63) is 212 Å². The van der Waals surface area contributed by atoms with Crippen LogP contribution in [-0.2, 0) is 0 Å². The molecule has 0 aliphatic rings. The summed E-state index contributed by atoms with van der Waals surface area (Å²) >= 11 is 1.81. The van der Waals surface area contributed by atoms with Gasteiger partial charge in [0.05, 0.1) is 38.8 Å². The first-order valence-corrected chi connectivity index (χ1v) is 21.4. The number of aromatic nitrogens is 3. The summed E-state index contributed by atoms with van der Waals surface area (Å²) in [5, 5.41) is 11.1. The van der Waals surface area contributed by atoms with Gasteiger partial charge >= 0.3 is 0 Å². The van der Waals surface area contributed by atoms with Crippen molar-refractivity contribution in [2.24, 2.45) is 0 Å². The maximum Gasteiger partial charge on any atom is 0.0647 e. The number of hydrogen-bond donors (Lipinski definition) is 0. The fourth-order valence-electron chi connectivity index (χ4n) is 9.79. The second-order valence-electron chi connectivity index (χ2n) is 15.8. The highest BCUT2D eigenvalue weighted by atomic mass is 32.1. The van der Waals surface area contributed by atoms with Crippen LogP contribution in [0.1, 0.15) is 0 Å². The fraction of sp³-hybridized carbons (Fsp3) is 0. The van der Waals surface area contributed by atoms with Gasteiger partial charge in [-0.1, -0.05) is 115 Å². The number of hydrogen-bond acceptors (Lipinski definition) is 1. The minimum Gasteiger partial charge on any atom is -0.309 e. The molecule has 3 nitrogen and oxygen atoms in total. The summed E-state index contributed by atoms with van der Waals surface area (Å²) < 4.78 is 8.54. The maximum absolute atomic E-state index is 2.48. The maximum atomic E-state index is 2.48. The zero-order valence-electron chi connectivity index (χ0n) is 32.5. The van der Waals surface area contributed by atoms with E-state index >= 15 is 0 Å². The van der Waals surface area contributed by atoms with Gasteiger partial charge in [0.15, 0.2) is 0 Å². The predicted octanol–water partition coefficient (Wildman–Crippen LogP) is 15.5. The Morgan fingerprint density at radius 3 is 1.08 bits per heavy atom. The van der Waals surface area contributed by atoms with Crippen LogP contribution >= 0.6 is 11.3 Å². The normalized spacial score (nSPS) is 12.0. The van der Waals surface area contributed by atoms with Crippen molar-refractivity contribution >= 4 is 86.8 Å². The molecule has 4 heteroatoms. The minimum absolute atomic E-state index is 1.17. The molecule has 13 aromatic rings. The summed E-state index contributed by atoms with van der Waals surface area (Å²) in [6.07, 6.45) is 0. The lowest BCUT2D eigenvalue weighted by molar-refractivity contribution is 1.18. The third-order valence-corrected chi connectivity index (χ3v) is 13.5. The largest absolute Gasteiger partial charge is 0.309 e. The summed E-state index contributed by atoms with van der Waals surface area (Å²) in [4.78, 5) is 0. The molecule has 0 bridgehead atoms. The number of fused-ring (bicyclic) bond motifs is 10. The zero-order valence-corrected chi connectivity index (χ0v) is 33.3. The first kappa shape index (κ1) is 33.3. The van der Waals surface area contributed by atoms with Crippen LogP contribution in [0.25, 0.3) is 115 Å². The number of para-hydroxylation sites is 4. The smallest absolute Gasteiger partial charge is 0.0647 e. The molecule has 0 aliphatic carbocycles. The van der Waals surface area contributed by atoms with Gasteiger partial charge in [0, 0.05) is 59.2 Å². The molecule has 9 aromatic carbocycles. The van der Waals surface area contributed by atoms with Crippen molar-refractivity contribution in [3.8, 4) is 39.3 Å². The van der Waals surface area contributed by atoms with Crippen LogP contribution in [0.3, 0.4) is 0 Å². The molecule has 0 atom stereocenters. The summed E-state index contributed by atoms with van der Waals surface area (Å²) in [5.41, 5.74) is 15.6. The Balaban J connectivity index is 1.02. The highest BCUT2D eigenvalue weighted by Gasteiger charge is 2.19. The predicted molar refractivity (Wildman–Crippen MR) is 256 cm³/mol. The van der Waals surface area contributed by atoms with Crippen LogP contribution in [0.2, 0.25) is 0 Å². The van der Waals surface area contributed by atoms with Crippen molar-refractivity contribution in [1.82, 2.24) is 13.7 Å². The number of thiophene rings is 1. The highest BCUT2D eigenvalue weighted by Crippen LogP contribution is 2.42. The quantitative estimate of drug-likeness (QED) is 0.165. The fourth-order valence-corrected chi connectivity index (χ4v) is 10.7. The van der Waals surface area contributed by atoms with E-state index in [1.807, 2.05) is 11.3 Å². The molecular formula is C56H35N3S. The Morgan fingerprint density at radius 1 is 0.267 bits per heavy atom. The van der Waals surface area contributed by atoms with Crippen LogP contribution in [0.15, 0.2) is 212 Å². The van der Waals surface area contributed by atoms with Gasteiger partial charge in [-0.05, 0) is 113 Å². The molecule has 0 unspecified atom stereocenters. The lowest BCUT2D eigenvalue weighted by Crippen LogP contribution is -1.93. The lowest BCUT2D eigenvalue weighted by Gasteiger charge is -2.09. The van der Waals surface area contributed by atoms with Crippen molar-refractivity contribution in [1.29, 1.82) is 0 Å². The van der Waals surface area contributed by atoms with Gasteiger partial charge in [0.25, 0.3) is 0 Å². The molecule has 0 spiro atoms. The van der Waals surface area contributed by atoms with Gasteiger partial charge in [0.1, 0.15) is 0 Å². The average molecular weight is 782 g/mol. The molecule has 0 saturated heterocycles. The second-order valence-corrected chi connectivity index (χ2v) is 16.7. The van der Waals surface area contributed by atoms with Gasteiger partial charge in [-0.2, -0.15) is 0 Å². The van der Waals surface area contributed by atoms with E-state index in [4.69, 9.17) is 0 Å². The third kappa shape index (κ3) is 4.89. The SMILES string of the molecule is c1ccc(-n2c3ccccc3c3cc(-c4ccc5c(c4)c4cc(-c6ccc7c(c6)c6ccccc6n7-c6ccccc6)ccc4n5-c4csc5ccccc45)ccc32)cc1. The monoisotopic (exact) mass is 781 g/mol. The van der Waals surface area contributed by atoms with Crippen LogP contribution in [0.5, 0.6) is 0 Å². The molecule has 280 valence electrons. The van der Waals surface area contributed by atoms with E-state index in [1.54, 1.807) is 0 Å². The molecular weight excluding hydrogens is 747 g/mol. The first-order valence-electron chi connectivity index (χ1n) is 20.5. The Morgan fingerprint density at radius 2 is 0.617 bits per heavy atom. The van der Waals surface area contributed by atoms with Gasteiger partial charge in [-0.15, -0.1) is 11.3 Å². The van der Waals surface area contributed by atoms with E-state index < -0.39 is 0 Å². The molecule has 4 aromatic heterocycles. The van der Waals surface area contributed by atoms with Crippen LogP contribution in [-0.4, -0.2) is 13.7 Å². The van der Waals surface area contributed by atoms with Gasteiger partial charge in [-0.3, -0.25) is 0 Å². The van der Waals surface area contributed by atoms with Crippen LogP contribution in [0, 0.1) is 0 Å². The Hall–Kier alpha value is -7.66. The average Bonchev–Trinajstić information content (AvgIpc) is 4.07. The molecule has 0 aliphatic heterocycles. The summed E-state index contributed by atoms with van der Waals surface area (Å²) in [5.74, 6) is 0. The molecule has 4 heterocycles. The molecule has 13 rings (SSSR count). The van der Waals surface area contributed by atoms with E-state index in [9.17, 15) is 0 Å². The van der Waals surface area contributed by atoms with E-state index in [2.05, 4.69) is 225 Å². The minimum atomic E-state index is 1.17. The van der Waals surface area contributed by atoms with Crippen molar-refractivity contribution in [2.45, 2.75) is 0 Å². The molecule has 0 saturated carbocycles. The van der Waals surface area contributed by atoms with Crippen LogP contribution in [0.4, 0.5) is 0 Å². The number of benzene rings is 9. The van der Waals surface area contributed by atoms with Gasteiger partial charge in [-0.25, -0.2) is 0 Å². The zero-order chi connectivity index (χ0) is 39.3. The van der Waals surface area contributed by atoms with Gasteiger partial charge in [0.2, 0.25) is 0 Å². The topological polar surface area (TPSA) is 14.8 Å². The molecule has 0 radical (unpaired) electrons. The lowest BCUT2D eigenvalue weighted by atomic mass is 9.98. The van der Waals surface area contributed by atoms with Crippen molar-refractivity contribution in [3.63, 3.8) is 0 Å². The molecule has 0 amide bonds. The van der Waals surface area contributed by atoms with Crippen molar-refractivity contribution < 1.29 is 0 Å². The molecule has 60 heavy (non-hydrogen) atoms. The number of rotatable bonds is 5. The van der Waals surface area contributed by atoms with E-state index in [0.717, 1.165) is 0 Å². The van der Waals surface area contributed by atoms with Crippen molar-refractivity contribution in [2.75, 3.05) is 0 Å². The summed E-state index contributed by atoms with van der Waals surface area (Å²) in [6, 6.07) is 75.7. The Kier molecular flexibility index (Phi) is 7.18. The number of nitrogens with zero attached hydrogens (tertiary/aromatic N) is 3. The third-order valence-electron chi connectivity index (χ3n) is 12.5. The summed E-state index contributed by atoms with van der Waals surface area (Å²) in [7, 11) is 0. The molecule has 0 fully saturated rings. The van der Waals surface area contributed by atoms with E-state index in [0.29, 0.717) is 0 Å². The first-order chi connectivity index (χ1) is 29.8. The van der Waals surface area contributed by atoms with Gasteiger partial charge < -0.3 is 13.7 Å². The standard InChI is InChI=1S/C56H35N3S/c1-3-13-40(14-4-1)57-49-20-10-7-17-42(49)45-31-36(23-27-51(45)57)38-25-29-53-47(33-38)48-34-39(26-30-54(48)59(53)55-35-60-56-22-12-9-19-44(55)56)37-24-28-52-46(32-37)43-18-8-11-21-50(43)58(52)41-15-5-2-6-16-41/h1-35H. The Labute approximate surface area is 349 Å². The van der Waals surface area contributed by atoms with E-state index in [-0.39, 0.29) is 0 Å². The Bertz CT molecular complexity index is 3610. The summed E-state index contributed by atoms with van der Waals surface area (Å²) in [6.45, 7) is 0. The van der Waals surface area contributed by atoms with E-state index in [1.165, 1.54) is 115 Å².